The minimum atomic E-state index is -0.519. The van der Waals surface area contributed by atoms with Gasteiger partial charge in [0.25, 0.3) is 0 Å². The normalized spacial score (nSPS) is 16.4. The van der Waals surface area contributed by atoms with Crippen molar-refractivity contribution in [1.82, 2.24) is 0 Å². The van der Waals surface area contributed by atoms with Crippen LogP contribution in [0.3, 0.4) is 0 Å². The highest BCUT2D eigenvalue weighted by molar-refractivity contribution is 6.13. The average molecular weight is 381 g/mol. The quantitative estimate of drug-likeness (QED) is 0.582. The van der Waals surface area contributed by atoms with Crippen molar-refractivity contribution in [2.45, 2.75) is 20.0 Å². The number of ether oxygens (including phenoxy) is 5. The number of carbonyl (C=O) groups is 1. The average Bonchev–Trinajstić information content (AvgIpc) is 3.28. The number of nitrogens with zero attached hydrogens (tertiary/aromatic N) is 1. The topological polar surface area (TPSA) is 75.6 Å². The van der Waals surface area contributed by atoms with Crippen molar-refractivity contribution in [3.05, 3.63) is 53.2 Å². The summed E-state index contributed by atoms with van der Waals surface area (Å²) in [5, 5.41) is 0. The monoisotopic (exact) mass is 381 g/mol. The van der Waals surface area contributed by atoms with Crippen LogP contribution in [0.25, 0.3) is 6.08 Å². The smallest absolute Gasteiger partial charge is 0.363 e. The highest BCUT2D eigenvalue weighted by Gasteiger charge is 2.26. The number of aliphatic imine (C=N–C) groups is 1. The summed E-state index contributed by atoms with van der Waals surface area (Å²) in [6.45, 7) is 4.06. The number of fused-ring (bicyclic) bond motifs is 1. The third-order valence-corrected chi connectivity index (χ3v) is 4.09. The SMILES string of the molecule is COc1cc(/C=C2\N=C(c3ccc4c(c3)OCO4)OC2=O)ccc1OC(C)C. The lowest BCUT2D eigenvalue weighted by Crippen LogP contribution is -2.06. The van der Waals surface area contributed by atoms with Crippen molar-refractivity contribution in [3.8, 4) is 23.0 Å². The highest BCUT2D eigenvalue weighted by Crippen LogP contribution is 2.34. The molecule has 0 fully saturated rings. The highest BCUT2D eigenvalue weighted by atomic mass is 16.7. The Bertz CT molecular complexity index is 992. The molecule has 0 N–H and O–H groups in total. The first-order chi connectivity index (χ1) is 13.5. The van der Waals surface area contributed by atoms with Crippen LogP contribution in [0.2, 0.25) is 0 Å². The molecule has 0 spiro atoms. The first kappa shape index (κ1) is 17.9. The van der Waals surface area contributed by atoms with E-state index in [1.54, 1.807) is 43.5 Å². The van der Waals surface area contributed by atoms with Gasteiger partial charge in [-0.05, 0) is 55.8 Å². The Morgan fingerprint density at radius 2 is 1.89 bits per heavy atom. The molecule has 28 heavy (non-hydrogen) atoms. The maximum atomic E-state index is 12.2. The van der Waals surface area contributed by atoms with Crippen LogP contribution in [-0.4, -0.2) is 31.9 Å². The van der Waals surface area contributed by atoms with Gasteiger partial charge in [0.2, 0.25) is 12.7 Å². The standard InChI is InChI=1S/C21H19NO6/c1-12(2)27-17-6-4-13(9-18(17)24-3)8-15-21(23)28-20(22-15)14-5-7-16-19(10-14)26-11-25-16/h4-10,12H,11H2,1-3H3/b15-8-. The van der Waals surface area contributed by atoms with Crippen molar-refractivity contribution in [1.29, 1.82) is 0 Å². The zero-order chi connectivity index (χ0) is 19.7. The summed E-state index contributed by atoms with van der Waals surface area (Å²) in [5.74, 6) is 2.17. The Hall–Kier alpha value is -3.48. The first-order valence-corrected chi connectivity index (χ1v) is 8.81. The fourth-order valence-electron chi connectivity index (χ4n) is 2.85. The van der Waals surface area contributed by atoms with Crippen LogP contribution in [0.1, 0.15) is 25.0 Å². The van der Waals surface area contributed by atoms with E-state index >= 15 is 0 Å². The predicted octanol–water partition coefficient (Wildman–Crippen LogP) is 3.56. The minimum absolute atomic E-state index is 0.0248. The van der Waals surface area contributed by atoms with Crippen LogP contribution in [0.5, 0.6) is 23.0 Å². The lowest BCUT2D eigenvalue weighted by molar-refractivity contribution is -0.129. The molecule has 144 valence electrons. The fraction of sp³-hybridized carbons (Fsp3) is 0.238. The Morgan fingerprint density at radius 3 is 2.68 bits per heavy atom. The lowest BCUT2D eigenvalue weighted by Gasteiger charge is -2.13. The summed E-state index contributed by atoms with van der Waals surface area (Å²) < 4.78 is 27.0. The molecule has 2 heterocycles. The van der Waals surface area contributed by atoms with Gasteiger partial charge in [0.15, 0.2) is 28.7 Å². The fourth-order valence-corrected chi connectivity index (χ4v) is 2.85. The van der Waals surface area contributed by atoms with Crippen molar-refractivity contribution >= 4 is 17.9 Å². The second-order valence-corrected chi connectivity index (χ2v) is 6.48. The largest absolute Gasteiger partial charge is 0.493 e. The van der Waals surface area contributed by atoms with Gasteiger partial charge in [-0.1, -0.05) is 6.07 Å². The molecule has 0 saturated heterocycles. The van der Waals surface area contributed by atoms with Crippen molar-refractivity contribution in [2.24, 2.45) is 4.99 Å². The Labute approximate surface area is 162 Å². The molecule has 0 radical (unpaired) electrons. The molecule has 2 aromatic carbocycles. The summed E-state index contributed by atoms with van der Waals surface area (Å²) in [5.41, 5.74) is 1.59. The third-order valence-electron chi connectivity index (χ3n) is 4.09. The molecule has 4 rings (SSSR count). The van der Waals surface area contributed by atoms with Crippen molar-refractivity contribution < 1.29 is 28.5 Å². The number of esters is 1. The molecular formula is C21H19NO6. The lowest BCUT2D eigenvalue weighted by atomic mass is 10.1. The summed E-state index contributed by atoms with van der Waals surface area (Å²) in [4.78, 5) is 16.6. The van der Waals surface area contributed by atoms with E-state index in [0.717, 1.165) is 5.56 Å². The van der Waals surface area contributed by atoms with Crippen LogP contribution < -0.4 is 18.9 Å². The summed E-state index contributed by atoms with van der Waals surface area (Å²) >= 11 is 0. The summed E-state index contributed by atoms with van der Waals surface area (Å²) in [6, 6.07) is 10.7. The van der Waals surface area contributed by atoms with Crippen LogP contribution in [0.15, 0.2) is 47.1 Å². The van der Waals surface area contributed by atoms with E-state index < -0.39 is 5.97 Å². The molecule has 0 bridgehead atoms. The molecule has 0 saturated carbocycles. The zero-order valence-electron chi connectivity index (χ0n) is 15.7. The van der Waals surface area contributed by atoms with E-state index in [4.69, 9.17) is 23.7 Å². The second kappa shape index (κ2) is 7.26. The van der Waals surface area contributed by atoms with Gasteiger partial charge < -0.3 is 23.7 Å². The van der Waals surface area contributed by atoms with E-state index in [-0.39, 0.29) is 24.5 Å². The third kappa shape index (κ3) is 3.51. The van der Waals surface area contributed by atoms with E-state index in [2.05, 4.69) is 4.99 Å². The Morgan fingerprint density at radius 1 is 1.07 bits per heavy atom. The van der Waals surface area contributed by atoms with E-state index in [1.165, 1.54) is 0 Å². The number of hydrogen-bond donors (Lipinski definition) is 0. The predicted molar refractivity (Wildman–Crippen MR) is 102 cm³/mol. The van der Waals surface area contributed by atoms with E-state index in [1.807, 2.05) is 19.9 Å². The maximum Gasteiger partial charge on any atom is 0.363 e. The molecule has 0 aliphatic carbocycles. The maximum absolute atomic E-state index is 12.2. The number of cyclic esters (lactones) is 1. The second-order valence-electron chi connectivity index (χ2n) is 6.48. The van der Waals surface area contributed by atoms with Gasteiger partial charge in [-0.3, -0.25) is 0 Å². The van der Waals surface area contributed by atoms with Gasteiger partial charge in [0.1, 0.15) is 0 Å². The number of rotatable bonds is 5. The molecule has 7 heteroatoms. The first-order valence-electron chi connectivity index (χ1n) is 8.81. The van der Waals surface area contributed by atoms with Crippen molar-refractivity contribution in [2.75, 3.05) is 13.9 Å². The van der Waals surface area contributed by atoms with Gasteiger partial charge in [0, 0.05) is 5.56 Å². The van der Waals surface area contributed by atoms with Crippen molar-refractivity contribution in [3.63, 3.8) is 0 Å². The summed E-state index contributed by atoms with van der Waals surface area (Å²) in [7, 11) is 1.57. The molecule has 0 amide bonds. The van der Waals surface area contributed by atoms with Gasteiger partial charge in [0.05, 0.1) is 13.2 Å². The summed E-state index contributed by atoms with van der Waals surface area (Å²) in [6.07, 6.45) is 1.67. The van der Waals surface area contributed by atoms with Gasteiger partial charge in [-0.25, -0.2) is 9.79 Å². The molecular weight excluding hydrogens is 362 g/mol. The number of hydrogen-bond acceptors (Lipinski definition) is 7. The van der Waals surface area contributed by atoms with E-state index in [9.17, 15) is 4.79 Å². The molecule has 7 nitrogen and oxygen atoms in total. The number of carbonyl (C=O) groups excluding carboxylic acids is 1. The molecule has 2 aliphatic heterocycles. The molecule has 0 unspecified atom stereocenters. The van der Waals surface area contributed by atoms with Crippen LogP contribution in [-0.2, 0) is 9.53 Å². The Balaban J connectivity index is 1.62. The zero-order valence-corrected chi connectivity index (χ0v) is 15.7. The molecule has 2 aromatic rings. The van der Waals surface area contributed by atoms with Crippen LogP contribution in [0, 0.1) is 0 Å². The van der Waals surface area contributed by atoms with Gasteiger partial charge in [-0.2, -0.15) is 0 Å². The number of methoxy groups -OCH3 is 1. The van der Waals surface area contributed by atoms with Gasteiger partial charge >= 0.3 is 5.97 Å². The van der Waals surface area contributed by atoms with Crippen LogP contribution in [0.4, 0.5) is 0 Å². The molecule has 2 aliphatic rings. The Kier molecular flexibility index (Phi) is 4.65. The number of benzene rings is 2. The van der Waals surface area contributed by atoms with E-state index in [0.29, 0.717) is 28.6 Å². The molecule has 0 atom stereocenters. The minimum Gasteiger partial charge on any atom is -0.493 e. The molecule has 0 aromatic heterocycles. The van der Waals surface area contributed by atoms with Gasteiger partial charge in [-0.15, -0.1) is 0 Å². The van der Waals surface area contributed by atoms with Crippen LogP contribution >= 0.6 is 0 Å².